The van der Waals surface area contributed by atoms with E-state index in [1.807, 2.05) is 13.0 Å². The first-order chi connectivity index (χ1) is 9.59. The summed E-state index contributed by atoms with van der Waals surface area (Å²) in [6, 6.07) is 5.24. The normalized spacial score (nSPS) is 14.9. The van der Waals surface area contributed by atoms with Crippen LogP contribution < -0.4 is 5.32 Å². The van der Waals surface area contributed by atoms with E-state index in [1.54, 1.807) is 12.1 Å². The smallest absolute Gasteiger partial charge is 0.243 e. The van der Waals surface area contributed by atoms with Crippen LogP contribution in [0, 0.1) is 0 Å². The van der Waals surface area contributed by atoms with Gasteiger partial charge in [0, 0.05) is 25.3 Å². The third-order valence-corrected chi connectivity index (χ3v) is 5.37. The molecule has 0 aromatic heterocycles. The van der Waals surface area contributed by atoms with Gasteiger partial charge in [0.05, 0.1) is 11.5 Å². The molecule has 0 atom stereocenters. The molecule has 2 N–H and O–H groups in total. The van der Waals surface area contributed by atoms with Crippen LogP contribution in [0.4, 0.5) is 5.69 Å². The molecule has 112 valence electrons. The van der Waals surface area contributed by atoms with E-state index in [0.29, 0.717) is 11.4 Å². The average Bonchev–Trinajstić information content (AvgIpc) is 2.46. The van der Waals surface area contributed by atoms with E-state index < -0.39 is 10.0 Å². The molecule has 1 aromatic carbocycles. The zero-order valence-electron chi connectivity index (χ0n) is 11.8. The first kappa shape index (κ1) is 15.3. The molecule has 0 radical (unpaired) electrons. The zero-order valence-corrected chi connectivity index (χ0v) is 12.6. The lowest BCUT2D eigenvalue weighted by molar-refractivity contribution is 0.253. The van der Waals surface area contributed by atoms with Gasteiger partial charge in [-0.15, -0.1) is 0 Å². The molecule has 0 bridgehead atoms. The molecule has 6 heteroatoms. The van der Waals surface area contributed by atoms with Gasteiger partial charge in [0.1, 0.15) is 0 Å². The molecule has 20 heavy (non-hydrogen) atoms. The number of hydrogen-bond acceptors (Lipinski definition) is 4. The molecule has 1 heterocycles. The summed E-state index contributed by atoms with van der Waals surface area (Å²) in [6.45, 7) is 3.28. The Bertz CT molecular complexity index is 552. The maximum atomic E-state index is 12.6. The van der Waals surface area contributed by atoms with Gasteiger partial charge in [-0.3, -0.25) is 0 Å². The molecule has 0 fully saturated rings. The summed E-state index contributed by atoms with van der Waals surface area (Å²) in [4.78, 5) is 0.321. The summed E-state index contributed by atoms with van der Waals surface area (Å²) in [6.07, 6.45) is 2.65. The van der Waals surface area contributed by atoms with Gasteiger partial charge in [-0.1, -0.05) is 6.92 Å². The number of hydrogen-bond donors (Lipinski definition) is 2. The maximum absolute atomic E-state index is 12.6. The van der Waals surface area contributed by atoms with Crippen molar-refractivity contribution in [1.29, 1.82) is 0 Å². The van der Waals surface area contributed by atoms with Crippen molar-refractivity contribution in [2.75, 3.05) is 31.6 Å². The van der Waals surface area contributed by atoms with E-state index in [0.717, 1.165) is 37.1 Å². The van der Waals surface area contributed by atoms with Crippen molar-refractivity contribution in [3.63, 3.8) is 0 Å². The van der Waals surface area contributed by atoms with Gasteiger partial charge in [0.2, 0.25) is 10.0 Å². The van der Waals surface area contributed by atoms with E-state index in [-0.39, 0.29) is 13.2 Å². The molecule has 0 amide bonds. The number of nitrogens with one attached hydrogen (secondary N) is 1. The van der Waals surface area contributed by atoms with Crippen LogP contribution in [0.3, 0.4) is 0 Å². The molecule has 0 saturated heterocycles. The molecule has 1 aromatic rings. The van der Waals surface area contributed by atoms with Crippen molar-refractivity contribution >= 4 is 15.7 Å². The molecule has 0 saturated carbocycles. The number of fused-ring (bicyclic) bond motifs is 1. The standard InChI is InChI=1S/C14H22N2O3S/c1-2-8-16(9-10-17)20(18,19)13-5-6-14-12(11-13)4-3-7-15-14/h5-6,11,15,17H,2-4,7-10H2,1H3. The molecule has 1 aliphatic rings. The molecular weight excluding hydrogens is 276 g/mol. The highest BCUT2D eigenvalue weighted by Crippen LogP contribution is 2.26. The SMILES string of the molecule is CCCN(CCO)S(=O)(=O)c1ccc2c(c1)CCCN2. The highest BCUT2D eigenvalue weighted by molar-refractivity contribution is 7.89. The second-order valence-corrected chi connectivity index (χ2v) is 6.91. The Morgan fingerprint density at radius 1 is 1.35 bits per heavy atom. The first-order valence-electron chi connectivity index (χ1n) is 7.07. The fraction of sp³-hybridized carbons (Fsp3) is 0.571. The van der Waals surface area contributed by atoms with Gasteiger partial charge in [-0.05, 0) is 43.0 Å². The molecule has 0 unspecified atom stereocenters. The first-order valence-corrected chi connectivity index (χ1v) is 8.51. The Balaban J connectivity index is 2.32. The van der Waals surface area contributed by atoms with E-state index in [1.165, 1.54) is 4.31 Å². The number of aliphatic hydroxyl groups is 1. The number of nitrogens with zero attached hydrogens (tertiary/aromatic N) is 1. The fourth-order valence-corrected chi connectivity index (χ4v) is 4.05. The Kier molecular flexibility index (Phi) is 5.01. The van der Waals surface area contributed by atoms with Crippen LogP contribution in [-0.4, -0.2) is 44.1 Å². The van der Waals surface area contributed by atoms with E-state index in [4.69, 9.17) is 5.11 Å². The van der Waals surface area contributed by atoms with E-state index >= 15 is 0 Å². The topological polar surface area (TPSA) is 69.6 Å². The second-order valence-electron chi connectivity index (χ2n) is 4.98. The van der Waals surface area contributed by atoms with Gasteiger partial charge in [-0.2, -0.15) is 4.31 Å². The number of aryl methyl sites for hydroxylation is 1. The van der Waals surface area contributed by atoms with Crippen LogP contribution in [0.5, 0.6) is 0 Å². The largest absolute Gasteiger partial charge is 0.395 e. The minimum Gasteiger partial charge on any atom is -0.395 e. The number of sulfonamides is 1. The average molecular weight is 298 g/mol. The summed E-state index contributed by atoms with van der Waals surface area (Å²) < 4.78 is 26.5. The van der Waals surface area contributed by atoms with Crippen molar-refractivity contribution in [2.24, 2.45) is 0 Å². The van der Waals surface area contributed by atoms with Crippen molar-refractivity contribution in [1.82, 2.24) is 4.31 Å². The van der Waals surface area contributed by atoms with Gasteiger partial charge >= 0.3 is 0 Å². The lowest BCUT2D eigenvalue weighted by atomic mass is 10.0. The maximum Gasteiger partial charge on any atom is 0.243 e. The third kappa shape index (κ3) is 3.13. The minimum absolute atomic E-state index is 0.144. The molecule has 5 nitrogen and oxygen atoms in total. The Morgan fingerprint density at radius 3 is 2.85 bits per heavy atom. The Morgan fingerprint density at radius 2 is 2.15 bits per heavy atom. The summed E-state index contributed by atoms with van der Waals surface area (Å²) in [5, 5.41) is 12.3. The van der Waals surface area contributed by atoms with Gasteiger partial charge in [0.25, 0.3) is 0 Å². The zero-order chi connectivity index (χ0) is 14.6. The number of aliphatic hydroxyl groups excluding tert-OH is 1. The van der Waals surface area contributed by atoms with Gasteiger partial charge in [-0.25, -0.2) is 8.42 Å². The van der Waals surface area contributed by atoms with E-state index in [2.05, 4.69) is 5.32 Å². The van der Waals surface area contributed by atoms with Crippen LogP contribution in [0.15, 0.2) is 23.1 Å². The monoisotopic (exact) mass is 298 g/mol. The number of rotatable bonds is 6. The van der Waals surface area contributed by atoms with Crippen LogP contribution in [0.25, 0.3) is 0 Å². The Labute approximate surface area is 120 Å². The quantitative estimate of drug-likeness (QED) is 0.834. The highest BCUT2D eigenvalue weighted by Gasteiger charge is 2.24. The predicted molar refractivity (Wildman–Crippen MR) is 79.4 cm³/mol. The lowest BCUT2D eigenvalue weighted by Gasteiger charge is -2.23. The molecule has 0 spiro atoms. The number of anilines is 1. The molecule has 1 aliphatic heterocycles. The van der Waals surface area contributed by atoms with Crippen LogP contribution >= 0.6 is 0 Å². The lowest BCUT2D eigenvalue weighted by Crippen LogP contribution is -2.34. The van der Waals surface area contributed by atoms with Gasteiger partial charge < -0.3 is 10.4 Å². The molecular formula is C14H22N2O3S. The predicted octanol–water partition coefficient (Wildman–Crippen LogP) is 1.44. The summed E-state index contributed by atoms with van der Waals surface area (Å²) in [5.41, 5.74) is 2.08. The minimum atomic E-state index is -3.51. The third-order valence-electron chi connectivity index (χ3n) is 3.48. The van der Waals surface area contributed by atoms with Crippen molar-refractivity contribution in [3.05, 3.63) is 23.8 Å². The summed E-state index contributed by atoms with van der Waals surface area (Å²) in [7, 11) is -3.51. The van der Waals surface area contributed by atoms with E-state index in [9.17, 15) is 8.42 Å². The highest BCUT2D eigenvalue weighted by atomic mass is 32.2. The van der Waals surface area contributed by atoms with Gasteiger partial charge in [0.15, 0.2) is 0 Å². The van der Waals surface area contributed by atoms with Crippen LogP contribution in [0.2, 0.25) is 0 Å². The van der Waals surface area contributed by atoms with Crippen LogP contribution in [-0.2, 0) is 16.4 Å². The second kappa shape index (κ2) is 6.56. The molecule has 2 rings (SSSR count). The fourth-order valence-electron chi connectivity index (χ4n) is 2.47. The van der Waals surface area contributed by atoms with Crippen molar-refractivity contribution in [3.8, 4) is 0 Å². The van der Waals surface area contributed by atoms with Crippen molar-refractivity contribution < 1.29 is 13.5 Å². The van der Waals surface area contributed by atoms with Crippen molar-refractivity contribution in [2.45, 2.75) is 31.1 Å². The van der Waals surface area contributed by atoms with Crippen LogP contribution in [0.1, 0.15) is 25.3 Å². The Hall–Kier alpha value is -1.11. The summed E-state index contributed by atoms with van der Waals surface area (Å²) in [5.74, 6) is 0. The number of benzene rings is 1. The molecule has 0 aliphatic carbocycles. The summed E-state index contributed by atoms with van der Waals surface area (Å²) >= 11 is 0.